The molecular weight excluding hydrogens is 378 g/mol. The minimum absolute atomic E-state index is 0.242. The van der Waals surface area contributed by atoms with Crippen LogP contribution < -0.4 is 10.2 Å². The van der Waals surface area contributed by atoms with Gasteiger partial charge in [0.2, 0.25) is 5.91 Å². The molecule has 6 heteroatoms. The number of carbonyl (C=O) groups is 3. The zero-order chi connectivity index (χ0) is 21.3. The summed E-state index contributed by atoms with van der Waals surface area (Å²) >= 11 is 0. The number of carbonyl (C=O) groups excluding carboxylic acids is 3. The first-order valence-electron chi connectivity index (χ1n) is 10.6. The molecule has 0 bridgehead atoms. The molecule has 2 aromatic rings. The van der Waals surface area contributed by atoms with Crippen LogP contribution in [-0.2, 0) is 28.0 Å². The molecule has 156 valence electrons. The Hall–Kier alpha value is -3.15. The van der Waals surface area contributed by atoms with Crippen molar-refractivity contribution in [2.45, 2.75) is 45.1 Å². The van der Waals surface area contributed by atoms with Gasteiger partial charge in [-0.3, -0.25) is 14.5 Å². The van der Waals surface area contributed by atoms with Crippen LogP contribution in [0, 0.1) is 0 Å². The number of benzene rings is 2. The van der Waals surface area contributed by atoms with E-state index in [-0.39, 0.29) is 12.5 Å². The number of nitrogens with zero attached hydrogens (tertiary/aromatic N) is 2. The lowest BCUT2D eigenvalue weighted by molar-refractivity contribution is -0.134. The van der Waals surface area contributed by atoms with Crippen LogP contribution in [0.2, 0.25) is 0 Å². The fourth-order valence-electron chi connectivity index (χ4n) is 4.34. The Morgan fingerprint density at radius 1 is 1.10 bits per heavy atom. The molecule has 4 amide bonds. The zero-order valence-corrected chi connectivity index (χ0v) is 17.5. The number of para-hydroxylation sites is 1. The predicted molar refractivity (Wildman–Crippen MR) is 115 cm³/mol. The SMILES string of the molecule is CCCc1ccc([C@]2(C)NC(=O)N(CC(=O)N3CCCc4ccccc43)C2=O)cc1. The summed E-state index contributed by atoms with van der Waals surface area (Å²) in [6.07, 6.45) is 3.80. The summed E-state index contributed by atoms with van der Waals surface area (Å²) in [5.74, 6) is -0.637. The highest BCUT2D eigenvalue weighted by molar-refractivity contribution is 6.10. The predicted octanol–water partition coefficient (Wildman–Crippen LogP) is 3.39. The standard InChI is InChI=1S/C24H27N3O3/c1-3-7-17-11-13-19(14-12-17)24(2)22(29)27(23(30)25-24)16-21(28)26-15-6-9-18-8-4-5-10-20(18)26/h4-5,8,10-14H,3,6-7,9,15-16H2,1-2H3,(H,25,30)/t24-/m0/s1. The largest absolute Gasteiger partial charge is 0.325 e. The second kappa shape index (κ2) is 7.94. The molecule has 1 saturated heterocycles. The first-order valence-corrected chi connectivity index (χ1v) is 10.6. The smallest absolute Gasteiger partial charge is 0.319 e. The van der Waals surface area contributed by atoms with Gasteiger partial charge in [0.1, 0.15) is 12.1 Å². The van der Waals surface area contributed by atoms with Crippen molar-refractivity contribution in [2.24, 2.45) is 0 Å². The molecule has 0 spiro atoms. The Bertz CT molecular complexity index is 985. The molecule has 2 aliphatic heterocycles. The number of anilines is 1. The summed E-state index contributed by atoms with van der Waals surface area (Å²) in [5.41, 5.74) is 2.74. The van der Waals surface area contributed by atoms with E-state index in [0.29, 0.717) is 6.54 Å². The molecule has 6 nitrogen and oxygen atoms in total. The number of hydrogen-bond acceptors (Lipinski definition) is 3. The number of imide groups is 1. The molecule has 0 radical (unpaired) electrons. The lowest BCUT2D eigenvalue weighted by atomic mass is 9.91. The summed E-state index contributed by atoms with van der Waals surface area (Å²) < 4.78 is 0. The van der Waals surface area contributed by atoms with E-state index in [4.69, 9.17) is 0 Å². The topological polar surface area (TPSA) is 69.7 Å². The molecule has 4 rings (SSSR count). The lowest BCUT2D eigenvalue weighted by Gasteiger charge is -2.30. The van der Waals surface area contributed by atoms with Crippen LogP contribution >= 0.6 is 0 Å². The Labute approximate surface area is 176 Å². The Kier molecular flexibility index (Phi) is 5.33. The lowest BCUT2D eigenvalue weighted by Crippen LogP contribution is -2.46. The number of hydrogen-bond donors (Lipinski definition) is 1. The van der Waals surface area contributed by atoms with Gasteiger partial charge in [0.15, 0.2) is 0 Å². The van der Waals surface area contributed by atoms with Crippen molar-refractivity contribution in [3.8, 4) is 0 Å². The van der Waals surface area contributed by atoms with E-state index in [1.807, 2.05) is 48.5 Å². The summed E-state index contributed by atoms with van der Waals surface area (Å²) in [5, 5.41) is 2.79. The van der Waals surface area contributed by atoms with Gasteiger partial charge in [0.25, 0.3) is 5.91 Å². The van der Waals surface area contributed by atoms with E-state index in [1.165, 1.54) is 5.56 Å². The number of amides is 4. The number of nitrogens with one attached hydrogen (secondary N) is 1. The minimum Gasteiger partial charge on any atom is -0.319 e. The molecule has 0 aromatic heterocycles. The van der Waals surface area contributed by atoms with Crippen LogP contribution in [0.5, 0.6) is 0 Å². The number of rotatable bonds is 5. The average molecular weight is 405 g/mol. The van der Waals surface area contributed by atoms with Crippen LogP contribution in [0.15, 0.2) is 48.5 Å². The third-order valence-electron chi connectivity index (χ3n) is 6.05. The van der Waals surface area contributed by atoms with Crippen molar-refractivity contribution in [3.63, 3.8) is 0 Å². The number of aryl methyl sites for hydroxylation is 2. The molecule has 0 unspecified atom stereocenters. The van der Waals surface area contributed by atoms with Crippen molar-refractivity contribution >= 4 is 23.5 Å². The van der Waals surface area contributed by atoms with E-state index < -0.39 is 17.5 Å². The second-order valence-electron chi connectivity index (χ2n) is 8.17. The first kappa shape index (κ1) is 20.1. The first-order chi connectivity index (χ1) is 14.4. The summed E-state index contributed by atoms with van der Waals surface area (Å²) in [7, 11) is 0. The Balaban J connectivity index is 1.53. The van der Waals surface area contributed by atoms with Gasteiger partial charge >= 0.3 is 6.03 Å². The van der Waals surface area contributed by atoms with Gasteiger partial charge in [-0.1, -0.05) is 55.8 Å². The van der Waals surface area contributed by atoms with Crippen LogP contribution in [0.25, 0.3) is 0 Å². The molecule has 0 aliphatic carbocycles. The average Bonchev–Trinajstić information content (AvgIpc) is 2.98. The second-order valence-corrected chi connectivity index (χ2v) is 8.17. The third kappa shape index (κ3) is 3.47. The van der Waals surface area contributed by atoms with Crippen LogP contribution in [0.1, 0.15) is 43.4 Å². The maximum absolute atomic E-state index is 13.2. The number of fused-ring (bicyclic) bond motifs is 1. The molecule has 2 aromatic carbocycles. The van der Waals surface area contributed by atoms with E-state index in [2.05, 4.69) is 12.2 Å². The molecular formula is C24H27N3O3. The normalized spacial score (nSPS) is 20.9. The molecule has 1 atom stereocenters. The van der Waals surface area contributed by atoms with Gasteiger partial charge in [-0.2, -0.15) is 0 Å². The highest BCUT2D eigenvalue weighted by Gasteiger charge is 2.49. The quantitative estimate of drug-likeness (QED) is 0.776. The van der Waals surface area contributed by atoms with Crippen molar-refractivity contribution in [1.29, 1.82) is 0 Å². The van der Waals surface area contributed by atoms with Crippen LogP contribution in [0.3, 0.4) is 0 Å². The van der Waals surface area contributed by atoms with E-state index in [1.54, 1.807) is 11.8 Å². The fourth-order valence-corrected chi connectivity index (χ4v) is 4.34. The van der Waals surface area contributed by atoms with Gasteiger partial charge in [0, 0.05) is 12.2 Å². The van der Waals surface area contributed by atoms with Crippen molar-refractivity contribution < 1.29 is 14.4 Å². The van der Waals surface area contributed by atoms with Crippen LogP contribution in [-0.4, -0.2) is 35.8 Å². The molecule has 1 fully saturated rings. The van der Waals surface area contributed by atoms with E-state index >= 15 is 0 Å². The summed E-state index contributed by atoms with van der Waals surface area (Å²) in [6, 6.07) is 15.0. The monoisotopic (exact) mass is 405 g/mol. The van der Waals surface area contributed by atoms with Crippen molar-refractivity contribution in [3.05, 3.63) is 65.2 Å². The summed E-state index contributed by atoms with van der Waals surface area (Å²) in [4.78, 5) is 41.6. The van der Waals surface area contributed by atoms with E-state index in [0.717, 1.165) is 47.4 Å². The minimum atomic E-state index is -1.16. The maximum atomic E-state index is 13.2. The zero-order valence-electron chi connectivity index (χ0n) is 17.5. The molecule has 2 aliphatic rings. The molecule has 30 heavy (non-hydrogen) atoms. The van der Waals surface area contributed by atoms with Gasteiger partial charge in [-0.25, -0.2) is 4.79 Å². The molecule has 0 saturated carbocycles. The maximum Gasteiger partial charge on any atom is 0.325 e. The highest BCUT2D eigenvalue weighted by Crippen LogP contribution is 2.31. The van der Waals surface area contributed by atoms with Crippen molar-refractivity contribution in [1.82, 2.24) is 10.2 Å². The van der Waals surface area contributed by atoms with Gasteiger partial charge in [-0.05, 0) is 48.9 Å². The van der Waals surface area contributed by atoms with Crippen molar-refractivity contribution in [2.75, 3.05) is 18.0 Å². The molecule has 2 heterocycles. The van der Waals surface area contributed by atoms with Crippen LogP contribution in [0.4, 0.5) is 10.5 Å². The van der Waals surface area contributed by atoms with Gasteiger partial charge in [-0.15, -0.1) is 0 Å². The fraction of sp³-hybridized carbons (Fsp3) is 0.375. The third-order valence-corrected chi connectivity index (χ3v) is 6.05. The number of urea groups is 1. The Morgan fingerprint density at radius 2 is 1.83 bits per heavy atom. The highest BCUT2D eigenvalue weighted by atomic mass is 16.2. The van der Waals surface area contributed by atoms with Gasteiger partial charge in [0.05, 0.1) is 0 Å². The molecule has 1 N–H and O–H groups in total. The summed E-state index contributed by atoms with van der Waals surface area (Å²) in [6.45, 7) is 4.15. The van der Waals surface area contributed by atoms with E-state index in [9.17, 15) is 14.4 Å². The van der Waals surface area contributed by atoms with Gasteiger partial charge < -0.3 is 10.2 Å². The Morgan fingerprint density at radius 3 is 2.57 bits per heavy atom.